The number of carbonyl (C=O) groups excluding carboxylic acids is 2. The maximum Gasteiger partial charge on any atom is 0.472 e. The Balaban J connectivity index is 0. The molecule has 0 saturated carbocycles. The van der Waals surface area contributed by atoms with E-state index in [1.165, 1.54) is 148 Å². The van der Waals surface area contributed by atoms with Crippen molar-refractivity contribution in [3.8, 4) is 0 Å². The number of hydrogen-bond donors (Lipinski definition) is 2. The number of nitrogens with zero attached hydrogens (tertiary/aromatic N) is 1. The lowest BCUT2D eigenvalue weighted by molar-refractivity contribution is -0.161. The first-order valence-corrected chi connectivity index (χ1v) is 24.1. The number of phosphoric acid groups is 1. The molecule has 2 atom stereocenters. The molecule has 0 bridgehead atoms. The fraction of sp³-hybridized carbons (Fsp3) is 0.953. The molecular weight excluding hydrogens is 703 g/mol. The summed E-state index contributed by atoms with van der Waals surface area (Å²) in [5.41, 5.74) is 5.33. The average molecular weight is 793 g/mol. The van der Waals surface area contributed by atoms with Crippen molar-refractivity contribution in [2.75, 3.05) is 46.0 Å². The number of phosphoric ester groups is 1. The van der Waals surface area contributed by atoms with Gasteiger partial charge in [0.1, 0.15) is 6.61 Å². The zero-order chi connectivity index (χ0) is 40.4. The summed E-state index contributed by atoms with van der Waals surface area (Å²) in [6, 6.07) is 0. The maximum atomic E-state index is 12.5. The highest BCUT2D eigenvalue weighted by Crippen LogP contribution is 2.43. The fourth-order valence-electron chi connectivity index (χ4n) is 6.25. The molecule has 3 N–H and O–H groups in total. The molecule has 324 valence electrons. The van der Waals surface area contributed by atoms with Crippen LogP contribution in [0.5, 0.6) is 0 Å². The van der Waals surface area contributed by atoms with Gasteiger partial charge in [0.2, 0.25) is 0 Å². The van der Waals surface area contributed by atoms with Gasteiger partial charge in [0.15, 0.2) is 6.10 Å². The van der Waals surface area contributed by atoms with E-state index < -0.39 is 26.5 Å². The van der Waals surface area contributed by atoms with Crippen molar-refractivity contribution in [1.29, 1.82) is 0 Å². The SMILES string of the molecule is CCCCCCCCCCCCCCCC(=O)OCC(COP(=O)(O)OCCN)OC(=O)CCCCCCCCCCCCCCC.CCN(CC)CC. The van der Waals surface area contributed by atoms with Crippen LogP contribution in [0.2, 0.25) is 0 Å². The molecule has 0 aliphatic rings. The molecule has 0 aromatic heterocycles. The number of carbonyl (C=O) groups is 2. The summed E-state index contributed by atoms with van der Waals surface area (Å²) in [5.74, 6) is -0.818. The van der Waals surface area contributed by atoms with Crippen LogP contribution in [0.25, 0.3) is 0 Å². The van der Waals surface area contributed by atoms with E-state index in [9.17, 15) is 19.0 Å². The first-order valence-electron chi connectivity index (χ1n) is 22.6. The van der Waals surface area contributed by atoms with Crippen LogP contribution in [0, 0.1) is 0 Å². The molecular formula is C43H89N2O8P. The number of unbranched alkanes of at least 4 members (excludes halogenated alkanes) is 24. The standard InChI is InChI=1S/C37H74NO8P.C6H15N/c1-3-5-7-9-11-13-15-17-19-21-23-25-27-29-36(39)43-33-35(34-45-47(41,42)44-32-31-38)46-37(40)30-28-26-24-22-20-18-16-14-12-10-8-6-4-2;1-4-7(5-2)6-3/h35H,3-34,38H2,1-2H3,(H,41,42);4-6H2,1-3H3. The van der Waals surface area contributed by atoms with Crippen molar-refractivity contribution in [2.45, 2.75) is 221 Å². The van der Waals surface area contributed by atoms with Gasteiger partial charge in [0.25, 0.3) is 0 Å². The third-order valence-corrected chi connectivity index (χ3v) is 10.8. The molecule has 10 nitrogen and oxygen atoms in total. The van der Waals surface area contributed by atoms with Gasteiger partial charge in [0, 0.05) is 19.4 Å². The predicted octanol–water partition coefficient (Wildman–Crippen LogP) is 11.8. The molecule has 11 heteroatoms. The minimum Gasteiger partial charge on any atom is -0.462 e. The Bertz CT molecular complexity index is 841. The van der Waals surface area contributed by atoms with Crippen LogP contribution in [-0.4, -0.2) is 73.8 Å². The van der Waals surface area contributed by atoms with Crippen molar-refractivity contribution >= 4 is 19.8 Å². The van der Waals surface area contributed by atoms with E-state index in [0.717, 1.165) is 32.1 Å². The second-order valence-electron chi connectivity index (χ2n) is 14.8. The Morgan fingerprint density at radius 3 is 1.22 bits per heavy atom. The zero-order valence-electron chi connectivity index (χ0n) is 36.1. The monoisotopic (exact) mass is 793 g/mol. The molecule has 54 heavy (non-hydrogen) atoms. The van der Waals surface area contributed by atoms with E-state index in [1.54, 1.807) is 0 Å². The number of nitrogens with two attached hydrogens (primary N) is 1. The first-order chi connectivity index (χ1) is 26.2. The smallest absolute Gasteiger partial charge is 0.462 e. The second-order valence-corrected chi connectivity index (χ2v) is 16.2. The van der Waals surface area contributed by atoms with Crippen LogP contribution in [0.3, 0.4) is 0 Å². The molecule has 0 heterocycles. The topological polar surface area (TPSA) is 138 Å². The molecule has 0 saturated heterocycles. The molecule has 0 fully saturated rings. The lowest BCUT2D eigenvalue weighted by Crippen LogP contribution is -2.29. The quantitative estimate of drug-likeness (QED) is 0.0350. The Morgan fingerprint density at radius 1 is 0.537 bits per heavy atom. The highest BCUT2D eigenvalue weighted by Gasteiger charge is 2.26. The van der Waals surface area contributed by atoms with Gasteiger partial charge < -0.3 is 25.0 Å². The molecule has 0 spiro atoms. The molecule has 2 unspecified atom stereocenters. The number of rotatable bonds is 40. The molecule has 0 rings (SSSR count). The van der Waals surface area contributed by atoms with Crippen LogP contribution in [0.4, 0.5) is 0 Å². The van der Waals surface area contributed by atoms with E-state index in [4.69, 9.17) is 24.3 Å². The highest BCUT2D eigenvalue weighted by molar-refractivity contribution is 7.47. The minimum absolute atomic E-state index is 0.0578. The van der Waals surface area contributed by atoms with Crippen LogP contribution >= 0.6 is 7.82 Å². The van der Waals surface area contributed by atoms with Gasteiger partial charge in [-0.1, -0.05) is 189 Å². The van der Waals surface area contributed by atoms with Gasteiger partial charge in [-0.3, -0.25) is 18.6 Å². The number of esters is 2. The lowest BCUT2D eigenvalue weighted by Gasteiger charge is -2.19. The van der Waals surface area contributed by atoms with E-state index in [0.29, 0.717) is 6.42 Å². The lowest BCUT2D eigenvalue weighted by atomic mass is 10.0. The molecule has 0 aliphatic carbocycles. The van der Waals surface area contributed by atoms with Crippen molar-refractivity contribution in [1.82, 2.24) is 4.90 Å². The van der Waals surface area contributed by atoms with E-state index >= 15 is 0 Å². The molecule has 0 aromatic carbocycles. The third kappa shape index (κ3) is 42.1. The minimum atomic E-state index is -4.36. The van der Waals surface area contributed by atoms with Crippen LogP contribution < -0.4 is 5.73 Å². The summed E-state index contributed by atoms with van der Waals surface area (Å²) in [6.07, 6.45) is 31.2. The summed E-state index contributed by atoms with van der Waals surface area (Å²) in [5, 5.41) is 0. The Hall–Kier alpha value is -1.03. The van der Waals surface area contributed by atoms with Crippen molar-refractivity contribution < 1.29 is 37.6 Å². The number of hydrogen-bond acceptors (Lipinski definition) is 9. The van der Waals surface area contributed by atoms with Crippen molar-refractivity contribution in [3.63, 3.8) is 0 Å². The van der Waals surface area contributed by atoms with Crippen LogP contribution in [0.15, 0.2) is 0 Å². The van der Waals surface area contributed by atoms with Gasteiger partial charge in [-0.2, -0.15) is 0 Å². The van der Waals surface area contributed by atoms with Crippen LogP contribution in [0.1, 0.15) is 214 Å². The third-order valence-electron chi connectivity index (χ3n) is 9.83. The fourth-order valence-corrected chi connectivity index (χ4v) is 7.01. The Labute approximate surface area is 333 Å². The highest BCUT2D eigenvalue weighted by atomic mass is 31.2. The molecule has 0 aromatic rings. The van der Waals surface area contributed by atoms with Gasteiger partial charge in [-0.05, 0) is 32.5 Å². The average Bonchev–Trinajstić information content (AvgIpc) is 3.16. The first kappa shape index (κ1) is 55.1. The Morgan fingerprint density at radius 2 is 0.889 bits per heavy atom. The predicted molar refractivity (Wildman–Crippen MR) is 226 cm³/mol. The van der Waals surface area contributed by atoms with Crippen LogP contribution in [-0.2, 0) is 32.7 Å². The molecule has 0 radical (unpaired) electrons. The largest absolute Gasteiger partial charge is 0.472 e. The Kier molecular flexibility index (Phi) is 44.0. The van der Waals surface area contributed by atoms with Crippen molar-refractivity contribution in [3.05, 3.63) is 0 Å². The summed E-state index contributed by atoms with van der Waals surface area (Å²) in [7, 11) is -4.36. The van der Waals surface area contributed by atoms with Gasteiger partial charge >= 0.3 is 19.8 Å². The van der Waals surface area contributed by atoms with E-state index in [2.05, 4.69) is 39.5 Å². The second kappa shape index (κ2) is 43.1. The summed E-state index contributed by atoms with van der Waals surface area (Å²) < 4.78 is 32.7. The van der Waals surface area contributed by atoms with Gasteiger partial charge in [-0.25, -0.2) is 4.57 Å². The van der Waals surface area contributed by atoms with E-state index in [-0.39, 0.29) is 38.6 Å². The number of ether oxygens (including phenoxy) is 2. The summed E-state index contributed by atoms with van der Waals surface area (Å²) >= 11 is 0. The zero-order valence-corrected chi connectivity index (χ0v) is 37.0. The molecule has 0 aliphatic heterocycles. The molecule has 0 amide bonds. The summed E-state index contributed by atoms with van der Waals surface area (Å²) in [6.45, 7) is 13.9. The van der Waals surface area contributed by atoms with Gasteiger partial charge in [0.05, 0.1) is 13.2 Å². The van der Waals surface area contributed by atoms with Gasteiger partial charge in [-0.15, -0.1) is 0 Å². The maximum absolute atomic E-state index is 12.5. The summed E-state index contributed by atoms with van der Waals surface area (Å²) in [4.78, 5) is 37.1. The van der Waals surface area contributed by atoms with Crippen molar-refractivity contribution in [2.24, 2.45) is 5.73 Å². The van der Waals surface area contributed by atoms with E-state index in [1.807, 2.05) is 0 Å². The normalized spacial score (nSPS) is 13.0.